The van der Waals surface area contributed by atoms with Crippen molar-refractivity contribution >= 4 is 5.91 Å². The second-order valence-corrected chi connectivity index (χ2v) is 6.00. The minimum atomic E-state index is -0.193. The van der Waals surface area contributed by atoms with Crippen molar-refractivity contribution in [1.82, 2.24) is 9.88 Å². The number of benzene rings is 1. The molecule has 3 rings (SSSR count). The summed E-state index contributed by atoms with van der Waals surface area (Å²) in [6.07, 6.45) is 3.73. The van der Waals surface area contributed by atoms with E-state index in [1.54, 1.807) is 4.57 Å². The van der Waals surface area contributed by atoms with Gasteiger partial charge in [-0.2, -0.15) is 0 Å². The van der Waals surface area contributed by atoms with E-state index >= 15 is 0 Å². The van der Waals surface area contributed by atoms with E-state index in [1.807, 2.05) is 30.3 Å². The van der Waals surface area contributed by atoms with Crippen molar-refractivity contribution in [2.75, 3.05) is 7.11 Å². The summed E-state index contributed by atoms with van der Waals surface area (Å²) in [5.74, 6) is 0.167. The van der Waals surface area contributed by atoms with Gasteiger partial charge in [-0.3, -0.25) is 9.59 Å². The fourth-order valence-electron chi connectivity index (χ4n) is 3.19. The SMILES string of the molecule is COc1cc(=O)n2c(c1C(=O)NCc1ccccc1)CCCCC2. The molecule has 1 amide bonds. The van der Waals surface area contributed by atoms with E-state index < -0.39 is 0 Å². The molecule has 0 saturated carbocycles. The lowest BCUT2D eigenvalue weighted by molar-refractivity contribution is 0.0945. The van der Waals surface area contributed by atoms with Crippen molar-refractivity contribution in [2.24, 2.45) is 0 Å². The maximum Gasteiger partial charge on any atom is 0.257 e. The van der Waals surface area contributed by atoms with E-state index in [2.05, 4.69) is 5.32 Å². The molecule has 2 heterocycles. The van der Waals surface area contributed by atoms with Crippen LogP contribution in [0.4, 0.5) is 0 Å². The van der Waals surface area contributed by atoms with Crippen molar-refractivity contribution in [3.63, 3.8) is 0 Å². The Morgan fingerprint density at radius 2 is 2.00 bits per heavy atom. The molecule has 126 valence electrons. The molecule has 0 atom stereocenters. The highest BCUT2D eigenvalue weighted by molar-refractivity contribution is 5.98. The first-order chi connectivity index (χ1) is 11.7. The van der Waals surface area contributed by atoms with Gasteiger partial charge in [-0.05, 0) is 24.8 Å². The monoisotopic (exact) mass is 326 g/mol. The van der Waals surface area contributed by atoms with E-state index in [1.165, 1.54) is 13.2 Å². The molecule has 0 radical (unpaired) electrons. The molecule has 0 unspecified atom stereocenters. The van der Waals surface area contributed by atoms with Crippen LogP contribution in [0.2, 0.25) is 0 Å². The molecule has 1 aromatic carbocycles. The lowest BCUT2D eigenvalue weighted by atomic mass is 10.1. The molecule has 0 bridgehead atoms. The highest BCUT2D eigenvalue weighted by Gasteiger charge is 2.23. The van der Waals surface area contributed by atoms with Gasteiger partial charge in [0.1, 0.15) is 11.3 Å². The number of aromatic nitrogens is 1. The number of nitrogens with zero attached hydrogens (tertiary/aromatic N) is 1. The Morgan fingerprint density at radius 3 is 2.75 bits per heavy atom. The van der Waals surface area contributed by atoms with Crippen LogP contribution in [0.15, 0.2) is 41.2 Å². The largest absolute Gasteiger partial charge is 0.496 e. The quantitative estimate of drug-likeness (QED) is 0.939. The average molecular weight is 326 g/mol. The summed E-state index contributed by atoms with van der Waals surface area (Å²) in [5.41, 5.74) is 2.23. The molecule has 2 aromatic rings. The number of amides is 1. The highest BCUT2D eigenvalue weighted by Crippen LogP contribution is 2.24. The third kappa shape index (κ3) is 3.35. The predicted octanol–water partition coefficient (Wildman–Crippen LogP) is 2.51. The second kappa shape index (κ2) is 7.34. The highest BCUT2D eigenvalue weighted by atomic mass is 16.5. The van der Waals surface area contributed by atoms with E-state index in [0.29, 0.717) is 24.4 Å². The van der Waals surface area contributed by atoms with E-state index in [-0.39, 0.29) is 11.5 Å². The lowest BCUT2D eigenvalue weighted by Crippen LogP contribution is -2.30. The summed E-state index contributed by atoms with van der Waals surface area (Å²) in [4.78, 5) is 25.1. The van der Waals surface area contributed by atoms with Crippen LogP contribution < -0.4 is 15.6 Å². The number of ether oxygens (including phenoxy) is 1. The number of pyridine rings is 1. The maximum atomic E-state index is 12.8. The first-order valence-corrected chi connectivity index (χ1v) is 8.33. The first kappa shape index (κ1) is 16.3. The summed E-state index contributed by atoms with van der Waals surface area (Å²) in [7, 11) is 1.50. The number of rotatable bonds is 4. The number of hydrogen-bond donors (Lipinski definition) is 1. The van der Waals surface area contributed by atoms with Gasteiger partial charge in [0.25, 0.3) is 11.5 Å². The summed E-state index contributed by atoms with van der Waals surface area (Å²) in [6, 6.07) is 11.2. The van der Waals surface area contributed by atoms with Gasteiger partial charge in [0.2, 0.25) is 0 Å². The molecule has 1 N–H and O–H groups in total. The van der Waals surface area contributed by atoms with Crippen molar-refractivity contribution in [3.05, 3.63) is 63.6 Å². The van der Waals surface area contributed by atoms with Crippen LogP contribution in [0, 0.1) is 0 Å². The Labute approximate surface area is 141 Å². The van der Waals surface area contributed by atoms with Crippen molar-refractivity contribution in [1.29, 1.82) is 0 Å². The van der Waals surface area contributed by atoms with Gasteiger partial charge in [-0.15, -0.1) is 0 Å². The zero-order chi connectivity index (χ0) is 16.9. The predicted molar refractivity (Wildman–Crippen MR) is 92.4 cm³/mol. The molecule has 0 fully saturated rings. The van der Waals surface area contributed by atoms with Gasteiger partial charge < -0.3 is 14.6 Å². The average Bonchev–Trinajstić information content (AvgIpc) is 2.86. The fraction of sp³-hybridized carbons (Fsp3) is 0.368. The minimum absolute atomic E-state index is 0.0941. The Hall–Kier alpha value is -2.56. The number of carbonyl (C=O) groups excluding carboxylic acids is 1. The Kier molecular flexibility index (Phi) is 4.99. The van der Waals surface area contributed by atoms with Crippen LogP contribution in [-0.4, -0.2) is 17.6 Å². The number of methoxy groups -OCH3 is 1. The van der Waals surface area contributed by atoms with Gasteiger partial charge in [0.05, 0.1) is 7.11 Å². The van der Waals surface area contributed by atoms with Crippen LogP contribution in [0.25, 0.3) is 0 Å². The van der Waals surface area contributed by atoms with Crippen LogP contribution in [-0.2, 0) is 19.5 Å². The molecule has 5 heteroatoms. The lowest BCUT2D eigenvalue weighted by Gasteiger charge is -2.17. The molecule has 1 aliphatic heterocycles. The molecule has 24 heavy (non-hydrogen) atoms. The van der Waals surface area contributed by atoms with Gasteiger partial charge in [-0.25, -0.2) is 0 Å². The minimum Gasteiger partial charge on any atom is -0.496 e. The molecule has 1 aromatic heterocycles. The fourth-order valence-corrected chi connectivity index (χ4v) is 3.19. The Balaban J connectivity index is 1.93. The number of carbonyl (C=O) groups is 1. The zero-order valence-electron chi connectivity index (χ0n) is 13.9. The van der Waals surface area contributed by atoms with Gasteiger partial charge >= 0.3 is 0 Å². The third-order valence-electron chi connectivity index (χ3n) is 4.42. The summed E-state index contributed by atoms with van der Waals surface area (Å²) in [6.45, 7) is 1.11. The molecular weight excluding hydrogens is 304 g/mol. The number of nitrogens with one attached hydrogen (secondary N) is 1. The van der Waals surface area contributed by atoms with E-state index in [9.17, 15) is 9.59 Å². The van der Waals surface area contributed by atoms with Crippen LogP contribution in [0.3, 0.4) is 0 Å². The topological polar surface area (TPSA) is 60.3 Å². The van der Waals surface area contributed by atoms with Crippen molar-refractivity contribution in [3.8, 4) is 5.75 Å². The van der Waals surface area contributed by atoms with Crippen molar-refractivity contribution < 1.29 is 9.53 Å². The van der Waals surface area contributed by atoms with Gasteiger partial charge in [0.15, 0.2) is 0 Å². The number of hydrogen-bond acceptors (Lipinski definition) is 3. The first-order valence-electron chi connectivity index (χ1n) is 8.33. The van der Waals surface area contributed by atoms with Crippen LogP contribution >= 0.6 is 0 Å². The second-order valence-electron chi connectivity index (χ2n) is 6.00. The number of fused-ring (bicyclic) bond motifs is 1. The molecule has 0 saturated heterocycles. The van der Waals surface area contributed by atoms with Gasteiger partial charge in [-0.1, -0.05) is 36.8 Å². The standard InChI is InChI=1S/C19H22N2O3/c1-24-16-12-17(22)21-11-7-3-6-10-15(21)18(16)19(23)20-13-14-8-4-2-5-9-14/h2,4-5,8-9,12H,3,6-7,10-11,13H2,1H3,(H,20,23). The molecule has 5 nitrogen and oxygen atoms in total. The van der Waals surface area contributed by atoms with Crippen molar-refractivity contribution in [2.45, 2.75) is 38.8 Å². The normalized spacial score (nSPS) is 13.7. The zero-order valence-corrected chi connectivity index (χ0v) is 13.9. The Morgan fingerprint density at radius 1 is 1.21 bits per heavy atom. The van der Waals surface area contributed by atoms with Crippen LogP contribution in [0.5, 0.6) is 5.75 Å². The van der Waals surface area contributed by atoms with Crippen LogP contribution in [0.1, 0.15) is 40.9 Å². The van der Waals surface area contributed by atoms with E-state index in [0.717, 1.165) is 36.9 Å². The Bertz CT molecular complexity index is 781. The molecule has 0 aliphatic carbocycles. The summed E-state index contributed by atoms with van der Waals surface area (Å²) >= 11 is 0. The summed E-state index contributed by atoms with van der Waals surface area (Å²) in [5, 5.41) is 2.95. The molecule has 0 spiro atoms. The molecular formula is C19H22N2O3. The summed E-state index contributed by atoms with van der Waals surface area (Å²) < 4.78 is 7.06. The third-order valence-corrected chi connectivity index (χ3v) is 4.42. The molecule has 1 aliphatic rings. The van der Waals surface area contributed by atoms with Gasteiger partial charge in [0, 0.05) is 24.8 Å². The maximum absolute atomic E-state index is 12.8. The van der Waals surface area contributed by atoms with E-state index in [4.69, 9.17) is 4.74 Å². The smallest absolute Gasteiger partial charge is 0.257 e.